The second-order valence-corrected chi connectivity index (χ2v) is 13.9. The number of hydrogen-bond acceptors (Lipinski definition) is 6. The van der Waals surface area contributed by atoms with Crippen molar-refractivity contribution in [1.82, 2.24) is 9.13 Å². The summed E-state index contributed by atoms with van der Waals surface area (Å²) in [5.41, 5.74) is -1.64. The van der Waals surface area contributed by atoms with Crippen molar-refractivity contribution in [2.75, 3.05) is 0 Å². The van der Waals surface area contributed by atoms with E-state index in [0.29, 0.717) is 10.2 Å². The first-order valence-electron chi connectivity index (χ1n) is 13.2. The first-order chi connectivity index (χ1) is 17.8. The standard InChI is InChI=1S/C29H37BrN2O5S/c1-18-22-24(33)32(29(5,6)26(34)37-28(2,3)4)27(35)31(25(22)38-23(18)30)17-21(19-13-9-7-10-14-19)36-20-15-11-8-12-16-20/h7,9-10,13-14,20-21H,8,11-12,15-17H2,1-6H3. The molecular weight excluding hydrogens is 568 g/mol. The van der Waals surface area contributed by atoms with Crippen LogP contribution in [0.4, 0.5) is 0 Å². The van der Waals surface area contributed by atoms with Gasteiger partial charge in [-0.25, -0.2) is 14.2 Å². The molecule has 2 aromatic heterocycles. The average molecular weight is 606 g/mol. The molecule has 0 N–H and O–H groups in total. The van der Waals surface area contributed by atoms with Crippen molar-refractivity contribution >= 4 is 43.5 Å². The topological polar surface area (TPSA) is 79.5 Å². The van der Waals surface area contributed by atoms with Gasteiger partial charge >= 0.3 is 11.7 Å². The Labute approximate surface area is 235 Å². The van der Waals surface area contributed by atoms with E-state index < -0.39 is 34.5 Å². The van der Waals surface area contributed by atoms with Gasteiger partial charge in [0.1, 0.15) is 22.1 Å². The Balaban J connectivity index is 1.89. The first kappa shape index (κ1) is 28.8. The summed E-state index contributed by atoms with van der Waals surface area (Å²) in [5.74, 6) is -0.639. The minimum absolute atomic E-state index is 0.112. The number of nitrogens with zero attached hydrogens (tertiary/aromatic N) is 2. The van der Waals surface area contributed by atoms with Gasteiger partial charge in [0.15, 0.2) is 0 Å². The summed E-state index contributed by atoms with van der Waals surface area (Å²) in [6.45, 7) is 10.5. The predicted octanol–water partition coefficient (Wildman–Crippen LogP) is 6.46. The number of halogens is 1. The maximum Gasteiger partial charge on any atom is 0.333 e. The van der Waals surface area contributed by atoms with E-state index in [9.17, 15) is 14.4 Å². The van der Waals surface area contributed by atoms with E-state index in [0.717, 1.165) is 45.2 Å². The molecule has 0 spiro atoms. The highest BCUT2D eigenvalue weighted by Gasteiger charge is 2.39. The molecule has 0 aliphatic heterocycles. The summed E-state index contributed by atoms with van der Waals surface area (Å²) in [5, 5.41) is 0.419. The minimum Gasteiger partial charge on any atom is -0.458 e. The van der Waals surface area contributed by atoms with Crippen LogP contribution in [0.15, 0.2) is 43.7 Å². The van der Waals surface area contributed by atoms with Crippen LogP contribution < -0.4 is 11.2 Å². The average Bonchev–Trinajstić information content (AvgIpc) is 3.15. The minimum atomic E-state index is -1.52. The van der Waals surface area contributed by atoms with Crippen molar-refractivity contribution in [2.24, 2.45) is 0 Å². The van der Waals surface area contributed by atoms with E-state index in [4.69, 9.17) is 9.47 Å². The number of aromatic nitrogens is 2. The lowest BCUT2D eigenvalue weighted by Gasteiger charge is -2.31. The van der Waals surface area contributed by atoms with Crippen LogP contribution in [0.25, 0.3) is 10.2 Å². The lowest BCUT2D eigenvalue weighted by molar-refractivity contribution is -0.164. The van der Waals surface area contributed by atoms with Gasteiger partial charge in [-0.1, -0.05) is 49.6 Å². The molecule has 0 amide bonds. The Morgan fingerprint density at radius 2 is 1.71 bits per heavy atom. The van der Waals surface area contributed by atoms with E-state index >= 15 is 0 Å². The zero-order valence-electron chi connectivity index (χ0n) is 23.0. The fourth-order valence-electron chi connectivity index (χ4n) is 4.96. The maximum absolute atomic E-state index is 14.2. The number of carbonyl (C=O) groups excluding carboxylic acids is 1. The number of ether oxygens (including phenoxy) is 2. The van der Waals surface area contributed by atoms with Crippen LogP contribution in [-0.2, 0) is 26.4 Å². The second kappa shape index (κ2) is 11.1. The normalized spacial score (nSPS) is 16.1. The molecule has 38 heavy (non-hydrogen) atoms. The summed E-state index contributed by atoms with van der Waals surface area (Å²) in [6, 6.07) is 9.89. The Morgan fingerprint density at radius 3 is 2.32 bits per heavy atom. The molecule has 0 saturated heterocycles. The molecule has 1 fully saturated rings. The van der Waals surface area contributed by atoms with Crippen LogP contribution in [0.2, 0.25) is 0 Å². The first-order valence-corrected chi connectivity index (χ1v) is 14.8. The van der Waals surface area contributed by atoms with Crippen molar-refractivity contribution in [3.63, 3.8) is 0 Å². The summed E-state index contributed by atoms with van der Waals surface area (Å²) in [6.07, 6.45) is 5.16. The number of fused-ring (bicyclic) bond motifs is 1. The van der Waals surface area contributed by atoms with Gasteiger partial charge < -0.3 is 9.47 Å². The van der Waals surface area contributed by atoms with Crippen LogP contribution in [0.3, 0.4) is 0 Å². The fourth-order valence-corrected chi connectivity index (χ4v) is 6.65. The molecule has 7 nitrogen and oxygen atoms in total. The van der Waals surface area contributed by atoms with Gasteiger partial charge in [-0.15, -0.1) is 11.3 Å². The predicted molar refractivity (Wildman–Crippen MR) is 155 cm³/mol. The number of aryl methyl sites for hydroxylation is 1. The van der Waals surface area contributed by atoms with Crippen molar-refractivity contribution in [3.05, 3.63) is 66.1 Å². The number of benzene rings is 1. The number of rotatable bonds is 7. The third-order valence-electron chi connectivity index (χ3n) is 7.04. The zero-order valence-corrected chi connectivity index (χ0v) is 25.4. The van der Waals surface area contributed by atoms with Crippen molar-refractivity contribution in [3.8, 4) is 0 Å². The molecule has 2 heterocycles. The van der Waals surface area contributed by atoms with E-state index in [1.165, 1.54) is 17.8 Å². The molecular formula is C29H37BrN2O5S. The molecule has 1 atom stereocenters. The smallest absolute Gasteiger partial charge is 0.333 e. The van der Waals surface area contributed by atoms with Crippen LogP contribution >= 0.6 is 27.3 Å². The van der Waals surface area contributed by atoms with Crippen LogP contribution in [0, 0.1) is 6.92 Å². The van der Waals surface area contributed by atoms with E-state index in [2.05, 4.69) is 15.9 Å². The Bertz CT molecular complexity index is 1430. The van der Waals surface area contributed by atoms with Gasteiger partial charge in [-0.3, -0.25) is 9.36 Å². The number of hydrogen-bond donors (Lipinski definition) is 0. The molecule has 0 radical (unpaired) electrons. The molecule has 4 rings (SSSR count). The van der Waals surface area contributed by atoms with Gasteiger partial charge in [-0.2, -0.15) is 0 Å². The molecule has 3 aromatic rings. The van der Waals surface area contributed by atoms with Gasteiger partial charge in [0.05, 0.1) is 21.8 Å². The monoisotopic (exact) mass is 604 g/mol. The lowest BCUT2D eigenvalue weighted by Crippen LogP contribution is -2.54. The SMILES string of the molecule is Cc1c(Br)sc2c1c(=O)n(C(C)(C)C(=O)OC(C)(C)C)c(=O)n2CC(OC1CCCCC1)c1ccccc1. The molecule has 1 saturated carbocycles. The molecule has 0 bridgehead atoms. The molecule has 206 valence electrons. The third-order valence-corrected chi connectivity index (χ3v) is 9.22. The van der Waals surface area contributed by atoms with Gasteiger partial charge in [-0.05, 0) is 81.4 Å². The van der Waals surface area contributed by atoms with Crippen LogP contribution in [0.5, 0.6) is 0 Å². The van der Waals surface area contributed by atoms with Gasteiger partial charge in [0, 0.05) is 0 Å². The number of esters is 1. The van der Waals surface area contributed by atoms with Crippen molar-refractivity contribution in [2.45, 2.75) is 104 Å². The van der Waals surface area contributed by atoms with Gasteiger partial charge in [0.2, 0.25) is 0 Å². The van der Waals surface area contributed by atoms with Crippen LogP contribution in [0.1, 0.15) is 84.0 Å². The summed E-state index contributed by atoms with van der Waals surface area (Å²) in [7, 11) is 0. The highest BCUT2D eigenvalue weighted by atomic mass is 79.9. The number of carbonyl (C=O) groups is 1. The molecule has 1 aliphatic rings. The second-order valence-electron chi connectivity index (χ2n) is 11.6. The number of thiophene rings is 1. The van der Waals surface area contributed by atoms with Crippen molar-refractivity contribution in [1.29, 1.82) is 0 Å². The van der Waals surface area contributed by atoms with E-state index in [1.807, 2.05) is 37.3 Å². The summed E-state index contributed by atoms with van der Waals surface area (Å²) in [4.78, 5) is 41.8. The zero-order chi connectivity index (χ0) is 27.8. The molecule has 1 unspecified atom stereocenters. The highest BCUT2D eigenvalue weighted by molar-refractivity contribution is 9.11. The third kappa shape index (κ3) is 5.84. The summed E-state index contributed by atoms with van der Waals surface area (Å²) >= 11 is 4.92. The van der Waals surface area contributed by atoms with E-state index in [-0.39, 0.29) is 12.6 Å². The quantitative estimate of drug-likeness (QED) is 0.289. The molecule has 1 aromatic carbocycles. The Hall–Kier alpha value is -2.23. The Kier molecular flexibility index (Phi) is 8.40. The van der Waals surface area contributed by atoms with Crippen molar-refractivity contribution < 1.29 is 14.3 Å². The Morgan fingerprint density at radius 1 is 1.08 bits per heavy atom. The molecule has 1 aliphatic carbocycles. The molecule has 9 heteroatoms. The summed E-state index contributed by atoms with van der Waals surface area (Å²) < 4.78 is 15.7. The maximum atomic E-state index is 14.2. The highest BCUT2D eigenvalue weighted by Crippen LogP contribution is 2.35. The largest absolute Gasteiger partial charge is 0.458 e. The lowest BCUT2D eigenvalue weighted by atomic mass is 9.97. The van der Waals surface area contributed by atoms with E-state index in [1.54, 1.807) is 39.2 Å². The van der Waals surface area contributed by atoms with Gasteiger partial charge in [0.25, 0.3) is 5.56 Å². The fraction of sp³-hybridized carbons (Fsp3) is 0.552. The van der Waals surface area contributed by atoms with Crippen LogP contribution in [-0.4, -0.2) is 26.8 Å².